The number of rotatable bonds is 4. The molecule has 170 valence electrons. The molecule has 0 saturated carbocycles. The number of benzene rings is 3. The molecule has 1 aliphatic rings. The fraction of sp³-hybridized carbons (Fsp3) is 0.120. The molecule has 6 nitrogen and oxygen atoms in total. The Bertz CT molecular complexity index is 1650. The Hall–Kier alpha value is -3.19. The highest BCUT2D eigenvalue weighted by Gasteiger charge is 2.30. The van der Waals surface area contributed by atoms with Gasteiger partial charge in [-0.2, -0.15) is 4.99 Å². The first-order valence-electron chi connectivity index (χ1n) is 10.4. The average Bonchev–Trinajstić information content (AvgIpc) is 3.41. The third kappa shape index (κ3) is 3.98. The molecule has 5 rings (SSSR count). The highest BCUT2D eigenvalue weighted by molar-refractivity contribution is 9.10. The van der Waals surface area contributed by atoms with Gasteiger partial charge in [0.25, 0.3) is 15.9 Å². The van der Waals surface area contributed by atoms with Crippen LogP contribution in [-0.4, -0.2) is 25.4 Å². The molecule has 0 radical (unpaired) electrons. The summed E-state index contributed by atoms with van der Waals surface area (Å²) in [6.45, 7) is 0.678. The normalized spacial score (nSPS) is 13.8. The number of terminal acetylenes is 1. The SMILES string of the molecule is C#CCn1c(=NC(=O)c2ccc(S(=O)(=O)N3CCc4ccccc43)cc2)sc2cc(Br)ccc21. The monoisotopic (exact) mass is 551 g/mol. The van der Waals surface area contributed by atoms with E-state index < -0.39 is 15.9 Å². The molecule has 0 saturated heterocycles. The molecule has 0 fully saturated rings. The van der Waals surface area contributed by atoms with Crippen LogP contribution in [0.2, 0.25) is 0 Å². The summed E-state index contributed by atoms with van der Waals surface area (Å²) >= 11 is 4.82. The minimum absolute atomic E-state index is 0.134. The summed E-state index contributed by atoms with van der Waals surface area (Å²) in [4.78, 5) is 17.8. The molecule has 2 heterocycles. The van der Waals surface area contributed by atoms with Crippen LogP contribution in [0.25, 0.3) is 10.2 Å². The molecule has 0 N–H and O–H groups in total. The smallest absolute Gasteiger partial charge is 0.279 e. The number of nitrogens with zero attached hydrogens (tertiary/aromatic N) is 3. The van der Waals surface area contributed by atoms with E-state index >= 15 is 0 Å². The highest BCUT2D eigenvalue weighted by Crippen LogP contribution is 2.32. The topological polar surface area (TPSA) is 71.7 Å². The van der Waals surface area contributed by atoms with Crippen molar-refractivity contribution < 1.29 is 13.2 Å². The Kier molecular flexibility index (Phi) is 5.90. The number of hydrogen-bond donors (Lipinski definition) is 0. The number of carbonyl (C=O) groups excluding carboxylic acids is 1. The largest absolute Gasteiger partial charge is 0.305 e. The molecule has 0 bridgehead atoms. The third-order valence-electron chi connectivity index (χ3n) is 5.63. The van der Waals surface area contributed by atoms with E-state index in [0.717, 1.165) is 20.3 Å². The molecule has 9 heteroatoms. The first-order chi connectivity index (χ1) is 16.4. The van der Waals surface area contributed by atoms with Crippen LogP contribution in [0.3, 0.4) is 0 Å². The van der Waals surface area contributed by atoms with E-state index in [1.807, 2.05) is 47.0 Å². The van der Waals surface area contributed by atoms with Gasteiger partial charge in [-0.05, 0) is 60.5 Å². The van der Waals surface area contributed by atoms with Gasteiger partial charge in [0.1, 0.15) is 0 Å². The van der Waals surface area contributed by atoms with Gasteiger partial charge in [0.15, 0.2) is 4.80 Å². The van der Waals surface area contributed by atoms with E-state index in [9.17, 15) is 13.2 Å². The van der Waals surface area contributed by atoms with Crippen LogP contribution in [0.5, 0.6) is 0 Å². The molecule has 4 aromatic rings. The average molecular weight is 552 g/mol. The number of anilines is 1. The summed E-state index contributed by atoms with van der Waals surface area (Å²) in [7, 11) is -3.73. The Morgan fingerprint density at radius 1 is 1.12 bits per heavy atom. The molecule has 34 heavy (non-hydrogen) atoms. The van der Waals surface area contributed by atoms with Crippen molar-refractivity contribution >= 4 is 59.1 Å². The van der Waals surface area contributed by atoms with Gasteiger partial charge in [-0.1, -0.05) is 51.4 Å². The minimum atomic E-state index is -3.73. The van der Waals surface area contributed by atoms with E-state index in [1.54, 1.807) is 0 Å². The number of hydrogen-bond acceptors (Lipinski definition) is 4. The number of fused-ring (bicyclic) bond motifs is 2. The van der Waals surface area contributed by atoms with Crippen molar-refractivity contribution in [1.29, 1.82) is 0 Å². The second kappa shape index (κ2) is 8.87. The van der Waals surface area contributed by atoms with Gasteiger partial charge in [0.2, 0.25) is 0 Å². The standard InChI is InChI=1S/C25H18BrN3O3S2/c1-2-14-28-22-12-9-19(26)16-23(22)33-25(28)27-24(30)18-7-10-20(11-8-18)34(31,32)29-15-13-17-5-3-4-6-21(17)29/h1,3-12,16H,13-15H2. The van der Waals surface area contributed by atoms with E-state index in [4.69, 9.17) is 6.42 Å². The van der Waals surface area contributed by atoms with Gasteiger partial charge in [-0.15, -0.1) is 6.42 Å². The highest BCUT2D eigenvalue weighted by atomic mass is 79.9. The first kappa shape index (κ1) is 22.6. The maximum atomic E-state index is 13.2. The van der Waals surface area contributed by atoms with Crippen molar-refractivity contribution in [1.82, 2.24) is 4.57 Å². The van der Waals surface area contributed by atoms with Crippen LogP contribution < -0.4 is 9.11 Å². The van der Waals surface area contributed by atoms with Gasteiger partial charge in [0.05, 0.1) is 27.3 Å². The van der Waals surface area contributed by atoms with Crippen molar-refractivity contribution in [2.45, 2.75) is 17.9 Å². The number of aromatic nitrogens is 1. The maximum absolute atomic E-state index is 13.2. The van der Waals surface area contributed by atoms with Crippen molar-refractivity contribution in [3.05, 3.63) is 87.1 Å². The number of carbonyl (C=O) groups is 1. The van der Waals surface area contributed by atoms with Crippen molar-refractivity contribution in [3.8, 4) is 12.3 Å². The summed E-state index contributed by atoms with van der Waals surface area (Å²) in [6.07, 6.45) is 6.20. The summed E-state index contributed by atoms with van der Waals surface area (Å²) in [5, 5.41) is 0. The zero-order valence-electron chi connectivity index (χ0n) is 17.8. The molecule has 0 aliphatic carbocycles. The Balaban J connectivity index is 1.47. The van der Waals surface area contributed by atoms with Crippen molar-refractivity contribution in [2.75, 3.05) is 10.8 Å². The van der Waals surface area contributed by atoms with Crippen LogP contribution in [0, 0.1) is 12.3 Å². The lowest BCUT2D eigenvalue weighted by Crippen LogP contribution is -2.29. The van der Waals surface area contributed by atoms with Crippen molar-refractivity contribution in [2.24, 2.45) is 4.99 Å². The van der Waals surface area contributed by atoms with Gasteiger partial charge in [-0.25, -0.2) is 8.42 Å². The Morgan fingerprint density at radius 2 is 1.88 bits per heavy atom. The molecular weight excluding hydrogens is 534 g/mol. The summed E-state index contributed by atoms with van der Waals surface area (Å²) in [5.41, 5.74) is 2.90. The van der Waals surface area contributed by atoms with Gasteiger partial charge < -0.3 is 4.57 Å². The zero-order chi connectivity index (χ0) is 23.9. The lowest BCUT2D eigenvalue weighted by atomic mass is 10.2. The minimum Gasteiger partial charge on any atom is -0.305 e. The van der Waals surface area contributed by atoms with Crippen LogP contribution in [0.15, 0.2) is 81.1 Å². The quantitative estimate of drug-likeness (QED) is 0.348. The first-order valence-corrected chi connectivity index (χ1v) is 13.5. The molecular formula is C25H18BrN3O3S2. The number of halogens is 1. The number of amides is 1. The second-order valence-corrected chi connectivity index (χ2v) is 11.5. The van der Waals surface area contributed by atoms with Crippen molar-refractivity contribution in [3.63, 3.8) is 0 Å². The lowest BCUT2D eigenvalue weighted by molar-refractivity contribution is 0.0998. The fourth-order valence-electron chi connectivity index (χ4n) is 3.98. The van der Waals surface area contributed by atoms with Crippen LogP contribution >= 0.6 is 27.3 Å². The number of sulfonamides is 1. The maximum Gasteiger partial charge on any atom is 0.279 e. The summed E-state index contributed by atoms with van der Waals surface area (Å²) < 4.78 is 31.5. The molecule has 1 aliphatic heterocycles. The zero-order valence-corrected chi connectivity index (χ0v) is 21.0. The van der Waals surface area contributed by atoms with Gasteiger partial charge in [-0.3, -0.25) is 9.10 Å². The molecule has 0 atom stereocenters. The fourth-order valence-corrected chi connectivity index (χ4v) is 7.07. The third-order valence-corrected chi connectivity index (χ3v) is 8.99. The lowest BCUT2D eigenvalue weighted by Gasteiger charge is -2.19. The van der Waals surface area contributed by atoms with Crippen LogP contribution in [0.4, 0.5) is 5.69 Å². The molecule has 0 unspecified atom stereocenters. The van der Waals surface area contributed by atoms with Gasteiger partial charge in [0, 0.05) is 16.6 Å². The van der Waals surface area contributed by atoms with Gasteiger partial charge >= 0.3 is 0 Å². The van der Waals surface area contributed by atoms with E-state index in [2.05, 4.69) is 26.8 Å². The predicted molar refractivity (Wildman–Crippen MR) is 137 cm³/mol. The summed E-state index contributed by atoms with van der Waals surface area (Å²) in [5.74, 6) is 2.14. The van der Waals surface area contributed by atoms with E-state index in [-0.39, 0.29) is 11.4 Å². The predicted octanol–water partition coefficient (Wildman–Crippen LogP) is 4.59. The Labute approximate surface area is 209 Å². The second-order valence-electron chi connectivity index (χ2n) is 7.68. The number of para-hydroxylation sites is 1. The Morgan fingerprint density at radius 3 is 2.65 bits per heavy atom. The molecule has 1 aromatic heterocycles. The number of thiazole rings is 1. The van der Waals surface area contributed by atoms with Crippen LogP contribution in [0.1, 0.15) is 15.9 Å². The van der Waals surface area contributed by atoms with E-state index in [0.29, 0.717) is 29.0 Å². The van der Waals surface area contributed by atoms with Crippen LogP contribution in [-0.2, 0) is 23.0 Å². The molecule has 0 spiro atoms. The molecule has 1 amide bonds. The van der Waals surface area contributed by atoms with E-state index in [1.165, 1.54) is 39.9 Å². The molecule has 3 aromatic carbocycles. The summed E-state index contributed by atoms with van der Waals surface area (Å²) in [6, 6.07) is 19.2.